The Morgan fingerprint density at radius 3 is 2.92 bits per heavy atom. The van der Waals surface area contributed by atoms with Gasteiger partial charge in [0.25, 0.3) is 0 Å². The number of carbonyl (C=O) groups excluding carboxylic acids is 1. The molecule has 1 N–H and O–H groups in total. The van der Waals surface area contributed by atoms with Crippen LogP contribution in [0.15, 0.2) is 65.5 Å². The molecule has 24 heavy (non-hydrogen) atoms. The maximum atomic E-state index is 12.1. The number of carbonyl (C=O) groups is 1. The summed E-state index contributed by atoms with van der Waals surface area (Å²) in [4.78, 5) is 16.4. The summed E-state index contributed by atoms with van der Waals surface area (Å²) in [5.74, 6) is 1.14. The van der Waals surface area contributed by atoms with Crippen LogP contribution in [0.5, 0.6) is 5.75 Å². The van der Waals surface area contributed by atoms with Gasteiger partial charge in [0.2, 0.25) is 5.91 Å². The van der Waals surface area contributed by atoms with Gasteiger partial charge in [-0.05, 0) is 36.4 Å². The molecule has 0 aliphatic rings. The van der Waals surface area contributed by atoms with Crippen molar-refractivity contribution < 1.29 is 9.53 Å². The summed E-state index contributed by atoms with van der Waals surface area (Å²) in [5.41, 5.74) is 0.605. The SMILES string of the molecule is O=C(CCOc1cccc(Br)c1)Nc1cccnc1-n1cccn1. The van der Waals surface area contributed by atoms with Crippen molar-refractivity contribution >= 4 is 27.5 Å². The highest BCUT2D eigenvalue weighted by Gasteiger charge is 2.09. The van der Waals surface area contributed by atoms with E-state index in [2.05, 4.69) is 31.3 Å². The van der Waals surface area contributed by atoms with Gasteiger partial charge in [0.05, 0.1) is 18.7 Å². The number of halogens is 1. The van der Waals surface area contributed by atoms with Gasteiger partial charge in [-0.3, -0.25) is 4.79 Å². The summed E-state index contributed by atoms with van der Waals surface area (Å²) in [7, 11) is 0. The van der Waals surface area contributed by atoms with Crippen LogP contribution in [0.25, 0.3) is 5.82 Å². The van der Waals surface area contributed by atoms with E-state index in [1.807, 2.05) is 24.3 Å². The predicted octanol–water partition coefficient (Wildman–Crippen LogP) is 3.44. The van der Waals surface area contributed by atoms with Crippen LogP contribution in [0.3, 0.4) is 0 Å². The van der Waals surface area contributed by atoms with E-state index in [9.17, 15) is 4.79 Å². The summed E-state index contributed by atoms with van der Waals surface area (Å²) in [6, 6.07) is 12.8. The van der Waals surface area contributed by atoms with E-state index < -0.39 is 0 Å². The number of rotatable bonds is 6. The number of nitrogens with one attached hydrogen (secondary N) is 1. The molecule has 6 nitrogen and oxygen atoms in total. The molecule has 122 valence electrons. The number of benzene rings is 1. The molecule has 0 spiro atoms. The van der Waals surface area contributed by atoms with Gasteiger partial charge in [0.15, 0.2) is 5.82 Å². The van der Waals surface area contributed by atoms with Crippen LogP contribution in [0, 0.1) is 0 Å². The van der Waals surface area contributed by atoms with E-state index in [0.29, 0.717) is 18.1 Å². The molecule has 0 bridgehead atoms. The number of nitrogens with zero attached hydrogens (tertiary/aromatic N) is 3. The number of ether oxygens (including phenoxy) is 1. The first-order valence-corrected chi connectivity index (χ1v) is 8.15. The molecule has 7 heteroatoms. The Kier molecular flexibility index (Phi) is 5.22. The summed E-state index contributed by atoms with van der Waals surface area (Å²) in [6.07, 6.45) is 5.32. The molecule has 2 aromatic heterocycles. The van der Waals surface area contributed by atoms with Crippen LogP contribution in [-0.2, 0) is 4.79 Å². The molecular weight excluding hydrogens is 372 g/mol. The number of amides is 1. The third-order valence-electron chi connectivity index (χ3n) is 3.18. The molecule has 0 aliphatic carbocycles. The second-order valence-electron chi connectivity index (χ2n) is 4.93. The van der Waals surface area contributed by atoms with Crippen LogP contribution in [-0.4, -0.2) is 27.3 Å². The van der Waals surface area contributed by atoms with Crippen molar-refractivity contribution in [3.05, 3.63) is 65.5 Å². The van der Waals surface area contributed by atoms with Gasteiger partial charge in [0.1, 0.15) is 5.75 Å². The molecular formula is C17H15BrN4O2. The van der Waals surface area contributed by atoms with Gasteiger partial charge < -0.3 is 10.1 Å². The van der Waals surface area contributed by atoms with E-state index in [1.165, 1.54) is 0 Å². The lowest BCUT2D eigenvalue weighted by Gasteiger charge is -2.10. The summed E-state index contributed by atoms with van der Waals surface area (Å²) >= 11 is 3.38. The van der Waals surface area contributed by atoms with Crippen molar-refractivity contribution in [3.63, 3.8) is 0 Å². The molecule has 0 aliphatic heterocycles. The molecule has 0 saturated carbocycles. The average Bonchev–Trinajstić information content (AvgIpc) is 3.10. The van der Waals surface area contributed by atoms with Crippen molar-refractivity contribution in [1.29, 1.82) is 0 Å². The van der Waals surface area contributed by atoms with Crippen molar-refractivity contribution in [3.8, 4) is 11.6 Å². The fourth-order valence-corrected chi connectivity index (χ4v) is 2.48. The fourth-order valence-electron chi connectivity index (χ4n) is 2.10. The van der Waals surface area contributed by atoms with Crippen molar-refractivity contribution in [2.24, 2.45) is 0 Å². The van der Waals surface area contributed by atoms with Crippen LogP contribution in [0.4, 0.5) is 5.69 Å². The Bertz CT molecular complexity index is 821. The number of aromatic nitrogens is 3. The van der Waals surface area contributed by atoms with Crippen molar-refractivity contribution in [2.75, 3.05) is 11.9 Å². The Balaban J connectivity index is 1.58. The molecule has 0 radical (unpaired) electrons. The molecule has 3 rings (SSSR count). The second-order valence-corrected chi connectivity index (χ2v) is 5.84. The van der Waals surface area contributed by atoms with Gasteiger partial charge in [0, 0.05) is 23.1 Å². The first kappa shape index (κ1) is 16.2. The maximum Gasteiger partial charge on any atom is 0.227 e. The van der Waals surface area contributed by atoms with Crippen LogP contribution in [0.1, 0.15) is 6.42 Å². The minimum atomic E-state index is -0.147. The maximum absolute atomic E-state index is 12.1. The second kappa shape index (κ2) is 7.74. The number of pyridine rings is 1. The quantitative estimate of drug-likeness (QED) is 0.704. The first-order chi connectivity index (χ1) is 11.7. The van der Waals surface area contributed by atoms with E-state index in [-0.39, 0.29) is 12.3 Å². The zero-order valence-corrected chi connectivity index (χ0v) is 14.3. The zero-order valence-electron chi connectivity index (χ0n) is 12.7. The normalized spacial score (nSPS) is 10.4. The zero-order chi connectivity index (χ0) is 16.8. The van der Waals surface area contributed by atoms with E-state index in [1.54, 1.807) is 41.5 Å². The molecule has 0 saturated heterocycles. The van der Waals surface area contributed by atoms with Crippen molar-refractivity contribution in [2.45, 2.75) is 6.42 Å². The smallest absolute Gasteiger partial charge is 0.227 e. The third-order valence-corrected chi connectivity index (χ3v) is 3.67. The summed E-state index contributed by atoms with van der Waals surface area (Å²) in [5, 5.41) is 6.98. The number of hydrogen-bond donors (Lipinski definition) is 1. The highest BCUT2D eigenvalue weighted by molar-refractivity contribution is 9.10. The van der Waals surface area contributed by atoms with E-state index in [0.717, 1.165) is 10.2 Å². The van der Waals surface area contributed by atoms with Crippen molar-refractivity contribution in [1.82, 2.24) is 14.8 Å². The lowest BCUT2D eigenvalue weighted by molar-refractivity contribution is -0.116. The third kappa shape index (κ3) is 4.20. The van der Waals surface area contributed by atoms with Gasteiger partial charge in [-0.25, -0.2) is 9.67 Å². The average molecular weight is 387 g/mol. The number of anilines is 1. The molecule has 0 unspecified atom stereocenters. The standard InChI is InChI=1S/C17H15BrN4O2/c18-13-4-1-5-14(12-13)24-11-7-16(23)21-15-6-2-8-19-17(15)22-10-3-9-20-22/h1-6,8-10,12H,7,11H2,(H,21,23). The lowest BCUT2D eigenvalue weighted by Crippen LogP contribution is -2.17. The minimum Gasteiger partial charge on any atom is -0.493 e. The van der Waals surface area contributed by atoms with Gasteiger partial charge >= 0.3 is 0 Å². The Morgan fingerprint density at radius 1 is 1.21 bits per heavy atom. The molecule has 1 amide bonds. The summed E-state index contributed by atoms with van der Waals surface area (Å²) in [6.45, 7) is 0.291. The van der Waals surface area contributed by atoms with Gasteiger partial charge in [-0.15, -0.1) is 0 Å². The topological polar surface area (TPSA) is 69.0 Å². The van der Waals surface area contributed by atoms with Crippen LogP contribution < -0.4 is 10.1 Å². The molecule has 2 heterocycles. The van der Waals surface area contributed by atoms with Gasteiger partial charge in [-0.1, -0.05) is 22.0 Å². The molecule has 1 aromatic carbocycles. The lowest BCUT2D eigenvalue weighted by atomic mass is 10.3. The monoisotopic (exact) mass is 386 g/mol. The van der Waals surface area contributed by atoms with E-state index >= 15 is 0 Å². The Hall–Kier alpha value is -2.67. The molecule has 0 atom stereocenters. The first-order valence-electron chi connectivity index (χ1n) is 7.35. The highest BCUT2D eigenvalue weighted by atomic mass is 79.9. The summed E-state index contributed by atoms with van der Waals surface area (Å²) < 4.78 is 8.11. The fraction of sp³-hybridized carbons (Fsp3) is 0.118. The predicted molar refractivity (Wildman–Crippen MR) is 94.2 cm³/mol. The number of hydrogen-bond acceptors (Lipinski definition) is 4. The van der Waals surface area contributed by atoms with Crippen LogP contribution >= 0.6 is 15.9 Å². The van der Waals surface area contributed by atoms with Crippen LogP contribution in [0.2, 0.25) is 0 Å². The van der Waals surface area contributed by atoms with Gasteiger partial charge in [-0.2, -0.15) is 5.10 Å². The molecule has 3 aromatic rings. The molecule has 0 fully saturated rings. The largest absolute Gasteiger partial charge is 0.493 e. The van der Waals surface area contributed by atoms with E-state index in [4.69, 9.17) is 4.74 Å². The Labute approximate surface area is 147 Å². The highest BCUT2D eigenvalue weighted by Crippen LogP contribution is 2.18. The minimum absolute atomic E-state index is 0.147. The Morgan fingerprint density at radius 2 is 2.12 bits per heavy atom.